The van der Waals surface area contributed by atoms with Crippen LogP contribution in [0.1, 0.15) is 5.56 Å². The summed E-state index contributed by atoms with van der Waals surface area (Å²) in [4.78, 5) is 7.05. The molecule has 23 heavy (non-hydrogen) atoms. The van der Waals surface area contributed by atoms with Gasteiger partial charge in [0.25, 0.3) is 0 Å². The number of H-pyrrole nitrogens is 1. The van der Waals surface area contributed by atoms with Crippen LogP contribution in [0.4, 0.5) is 17.6 Å². The lowest BCUT2D eigenvalue weighted by Gasteiger charge is -2.05. The largest absolute Gasteiger partial charge is 0.416 e. The van der Waals surface area contributed by atoms with Crippen molar-refractivity contribution in [1.82, 2.24) is 9.97 Å². The van der Waals surface area contributed by atoms with Crippen LogP contribution in [0.2, 0.25) is 13.6 Å². The zero-order chi connectivity index (χ0) is 16.8. The van der Waals surface area contributed by atoms with Crippen LogP contribution in [0.3, 0.4) is 0 Å². The van der Waals surface area contributed by atoms with Gasteiger partial charge in [-0.2, -0.15) is 13.2 Å². The second-order valence-electron chi connectivity index (χ2n) is 5.71. The number of aromatic nitrogens is 2. The standard InChI is InChI=1S/C16H13BF4N2/c1-17(2)11-5-3-9(7-12(11)18)15-22-13-6-4-10(16(19,20)21)8-14(13)23-15/h3-8H,1-2H3,(H,22,23). The molecule has 0 amide bonds. The highest BCUT2D eigenvalue weighted by molar-refractivity contribution is 6.70. The Hall–Kier alpha value is -2.31. The first-order valence-corrected chi connectivity index (χ1v) is 7.12. The predicted molar refractivity (Wildman–Crippen MR) is 83.6 cm³/mol. The van der Waals surface area contributed by atoms with E-state index in [0.717, 1.165) is 12.1 Å². The molecule has 0 aliphatic carbocycles. The molecule has 2 nitrogen and oxygen atoms in total. The Balaban J connectivity index is 2.05. The average molecular weight is 320 g/mol. The summed E-state index contributed by atoms with van der Waals surface area (Å²) in [6.07, 6.45) is -4.41. The van der Waals surface area contributed by atoms with Crippen LogP contribution in [-0.4, -0.2) is 16.7 Å². The summed E-state index contributed by atoms with van der Waals surface area (Å²) >= 11 is 0. The normalized spacial score (nSPS) is 11.9. The zero-order valence-corrected chi connectivity index (χ0v) is 12.5. The number of halogens is 4. The van der Waals surface area contributed by atoms with E-state index in [1.54, 1.807) is 12.1 Å². The van der Waals surface area contributed by atoms with E-state index in [4.69, 9.17) is 0 Å². The van der Waals surface area contributed by atoms with Gasteiger partial charge in [0.05, 0.1) is 16.6 Å². The van der Waals surface area contributed by atoms with Gasteiger partial charge in [0.1, 0.15) is 11.6 Å². The fourth-order valence-electron chi connectivity index (χ4n) is 2.47. The van der Waals surface area contributed by atoms with Gasteiger partial charge in [-0.25, -0.2) is 9.37 Å². The van der Waals surface area contributed by atoms with Crippen LogP contribution in [-0.2, 0) is 6.18 Å². The Morgan fingerprint density at radius 1 is 1.04 bits per heavy atom. The molecule has 3 rings (SSSR count). The van der Waals surface area contributed by atoms with E-state index in [9.17, 15) is 17.6 Å². The van der Waals surface area contributed by atoms with E-state index >= 15 is 0 Å². The van der Waals surface area contributed by atoms with Crippen molar-refractivity contribution in [2.45, 2.75) is 19.8 Å². The number of aromatic amines is 1. The summed E-state index contributed by atoms with van der Waals surface area (Å²) in [6.45, 7) is 3.82. The minimum absolute atomic E-state index is 0.0501. The smallest absolute Gasteiger partial charge is 0.338 e. The van der Waals surface area contributed by atoms with Gasteiger partial charge in [-0.3, -0.25) is 0 Å². The molecule has 0 bridgehead atoms. The molecule has 118 valence electrons. The van der Waals surface area contributed by atoms with Crippen molar-refractivity contribution < 1.29 is 17.6 Å². The Morgan fingerprint density at radius 2 is 1.78 bits per heavy atom. The minimum atomic E-state index is -4.41. The number of hydrogen-bond donors (Lipinski definition) is 1. The summed E-state index contributed by atoms with van der Waals surface area (Å²) in [7, 11) is 0. The second kappa shape index (κ2) is 5.40. The Bertz CT molecular complexity index is 868. The fraction of sp³-hybridized carbons (Fsp3) is 0.188. The maximum Gasteiger partial charge on any atom is 0.416 e. The second-order valence-corrected chi connectivity index (χ2v) is 5.71. The Kier molecular flexibility index (Phi) is 3.66. The Labute approximate surface area is 130 Å². The maximum absolute atomic E-state index is 14.1. The van der Waals surface area contributed by atoms with Gasteiger partial charge in [0.2, 0.25) is 0 Å². The van der Waals surface area contributed by atoms with Crippen molar-refractivity contribution in [3.63, 3.8) is 0 Å². The number of alkyl halides is 3. The van der Waals surface area contributed by atoms with Gasteiger partial charge in [-0.05, 0) is 29.7 Å². The third kappa shape index (κ3) is 2.95. The topological polar surface area (TPSA) is 28.7 Å². The molecule has 1 N–H and O–H groups in total. The number of benzene rings is 2. The van der Waals surface area contributed by atoms with Crippen molar-refractivity contribution >= 4 is 23.2 Å². The van der Waals surface area contributed by atoms with Gasteiger partial charge >= 0.3 is 6.18 Å². The quantitative estimate of drug-likeness (QED) is 0.552. The van der Waals surface area contributed by atoms with Crippen molar-refractivity contribution in [2.24, 2.45) is 0 Å². The molecular formula is C16H13BF4N2. The lowest BCUT2D eigenvalue weighted by Crippen LogP contribution is -2.25. The molecular weight excluding hydrogens is 307 g/mol. The van der Waals surface area contributed by atoms with Gasteiger partial charge in [0.15, 0.2) is 6.71 Å². The average Bonchev–Trinajstić information content (AvgIpc) is 2.88. The first kappa shape index (κ1) is 15.6. The van der Waals surface area contributed by atoms with Crippen molar-refractivity contribution in [3.8, 4) is 11.4 Å². The maximum atomic E-state index is 14.1. The van der Waals surface area contributed by atoms with E-state index in [1.165, 1.54) is 12.1 Å². The first-order valence-electron chi connectivity index (χ1n) is 7.12. The molecule has 0 spiro atoms. The van der Waals surface area contributed by atoms with Gasteiger partial charge < -0.3 is 4.98 Å². The summed E-state index contributed by atoms with van der Waals surface area (Å²) < 4.78 is 52.3. The molecule has 3 aromatic rings. The molecule has 7 heteroatoms. The van der Waals surface area contributed by atoms with Crippen LogP contribution in [0, 0.1) is 5.82 Å². The lowest BCUT2D eigenvalue weighted by molar-refractivity contribution is -0.137. The first-order chi connectivity index (χ1) is 10.8. The van der Waals surface area contributed by atoms with Gasteiger partial charge in [0, 0.05) is 5.56 Å². The summed E-state index contributed by atoms with van der Waals surface area (Å²) in [5, 5.41) is 0. The van der Waals surface area contributed by atoms with Gasteiger partial charge in [-0.1, -0.05) is 25.8 Å². The zero-order valence-electron chi connectivity index (χ0n) is 12.5. The number of imidazole rings is 1. The molecule has 0 radical (unpaired) electrons. The monoisotopic (exact) mass is 320 g/mol. The molecule has 1 heterocycles. The minimum Gasteiger partial charge on any atom is -0.338 e. The molecule has 0 saturated heterocycles. The predicted octanol–water partition coefficient (Wildman–Crippen LogP) is 4.35. The SMILES string of the molecule is CB(C)c1ccc(-c2nc3ccc(C(F)(F)F)cc3[nH]2)cc1F. The number of hydrogen-bond acceptors (Lipinski definition) is 1. The van der Waals surface area contributed by atoms with Crippen molar-refractivity contribution in [3.05, 3.63) is 47.8 Å². The third-order valence-corrected chi connectivity index (χ3v) is 3.71. The molecule has 0 saturated carbocycles. The van der Waals surface area contributed by atoms with E-state index in [-0.39, 0.29) is 18.0 Å². The lowest BCUT2D eigenvalue weighted by atomic mass is 9.49. The number of nitrogens with one attached hydrogen (secondary N) is 1. The number of fused-ring (bicyclic) bond motifs is 1. The molecule has 0 aliphatic rings. The summed E-state index contributed by atoms with van der Waals surface area (Å²) in [5.74, 6) is -0.0116. The summed E-state index contributed by atoms with van der Waals surface area (Å²) in [6, 6.07) is 8.01. The summed E-state index contributed by atoms with van der Waals surface area (Å²) in [5.41, 5.74) is 1.01. The molecule has 0 unspecified atom stereocenters. The van der Waals surface area contributed by atoms with Crippen LogP contribution >= 0.6 is 0 Å². The van der Waals surface area contributed by atoms with E-state index in [1.807, 2.05) is 13.6 Å². The Morgan fingerprint density at radius 3 is 2.39 bits per heavy atom. The van der Waals surface area contributed by atoms with Crippen LogP contribution in [0.5, 0.6) is 0 Å². The number of nitrogens with zero attached hydrogens (tertiary/aromatic N) is 1. The molecule has 0 atom stereocenters. The molecule has 0 fully saturated rings. The van der Waals surface area contributed by atoms with Gasteiger partial charge in [-0.15, -0.1) is 0 Å². The molecule has 1 aromatic heterocycles. The highest BCUT2D eigenvalue weighted by atomic mass is 19.4. The highest BCUT2D eigenvalue weighted by Crippen LogP contribution is 2.31. The van der Waals surface area contributed by atoms with E-state index < -0.39 is 11.7 Å². The fourth-order valence-corrected chi connectivity index (χ4v) is 2.47. The van der Waals surface area contributed by atoms with Crippen LogP contribution in [0.15, 0.2) is 36.4 Å². The molecule has 2 aromatic carbocycles. The van der Waals surface area contributed by atoms with Crippen molar-refractivity contribution in [2.75, 3.05) is 0 Å². The van der Waals surface area contributed by atoms with Crippen molar-refractivity contribution in [1.29, 1.82) is 0 Å². The van der Waals surface area contributed by atoms with Crippen LogP contribution < -0.4 is 5.46 Å². The highest BCUT2D eigenvalue weighted by Gasteiger charge is 2.30. The molecule has 0 aliphatic heterocycles. The van der Waals surface area contributed by atoms with E-state index in [2.05, 4.69) is 9.97 Å². The number of rotatable bonds is 2. The van der Waals surface area contributed by atoms with Crippen LogP contribution in [0.25, 0.3) is 22.4 Å². The third-order valence-electron chi connectivity index (χ3n) is 3.71. The van der Waals surface area contributed by atoms with E-state index in [0.29, 0.717) is 22.4 Å².